The summed E-state index contributed by atoms with van der Waals surface area (Å²) in [7, 11) is 0. The van der Waals surface area contributed by atoms with Gasteiger partial charge in [-0.1, -0.05) is 12.1 Å². The summed E-state index contributed by atoms with van der Waals surface area (Å²) in [5, 5.41) is 3.21. The van der Waals surface area contributed by atoms with Gasteiger partial charge in [-0.3, -0.25) is 0 Å². The third-order valence-electron chi connectivity index (χ3n) is 2.57. The number of alkyl halides is 3. The zero-order valence-electron chi connectivity index (χ0n) is 11.9. The van der Waals surface area contributed by atoms with E-state index >= 15 is 0 Å². The van der Waals surface area contributed by atoms with Crippen LogP contribution >= 0.6 is 0 Å². The number of halogens is 3. The first kappa shape index (κ1) is 16.8. The first-order valence-corrected chi connectivity index (χ1v) is 6.41. The van der Waals surface area contributed by atoms with Crippen molar-refractivity contribution < 1.29 is 22.6 Å². The van der Waals surface area contributed by atoms with Crippen molar-refractivity contribution in [3.63, 3.8) is 0 Å². The predicted molar refractivity (Wildman–Crippen MR) is 70.5 cm³/mol. The topological polar surface area (TPSA) is 30.5 Å². The maximum absolute atomic E-state index is 12.0. The zero-order valence-corrected chi connectivity index (χ0v) is 11.9. The van der Waals surface area contributed by atoms with Crippen LogP contribution in [-0.4, -0.2) is 25.1 Å². The molecule has 0 fully saturated rings. The van der Waals surface area contributed by atoms with Gasteiger partial charge in [-0.2, -0.15) is 0 Å². The molecule has 0 aliphatic carbocycles. The molecule has 0 amide bonds. The van der Waals surface area contributed by atoms with E-state index in [1.165, 1.54) is 12.1 Å². The third-order valence-corrected chi connectivity index (χ3v) is 2.57. The lowest BCUT2D eigenvalue weighted by Gasteiger charge is -2.25. The molecular formula is C14H20F3NO2. The number of nitrogens with one attached hydrogen (secondary N) is 1. The highest BCUT2D eigenvalue weighted by atomic mass is 19.4. The summed E-state index contributed by atoms with van der Waals surface area (Å²) in [6, 6.07) is 5.81. The molecule has 114 valence electrons. The minimum absolute atomic E-state index is 0.212. The fraction of sp³-hybridized carbons (Fsp3) is 0.571. The quantitative estimate of drug-likeness (QED) is 0.834. The van der Waals surface area contributed by atoms with Crippen LogP contribution in [0.1, 0.15) is 26.3 Å². The van der Waals surface area contributed by atoms with Crippen LogP contribution in [0.15, 0.2) is 24.3 Å². The molecule has 0 radical (unpaired) electrons. The van der Waals surface area contributed by atoms with E-state index in [0.717, 1.165) is 5.56 Å². The van der Waals surface area contributed by atoms with Crippen LogP contribution in [0.5, 0.6) is 5.75 Å². The summed E-state index contributed by atoms with van der Waals surface area (Å²) < 4.78 is 45.3. The van der Waals surface area contributed by atoms with Gasteiger partial charge in [0.15, 0.2) is 0 Å². The Bertz CT molecular complexity index is 402. The normalized spacial score (nSPS) is 12.5. The van der Waals surface area contributed by atoms with Gasteiger partial charge in [-0.25, -0.2) is 0 Å². The number of hydrogen-bond donors (Lipinski definition) is 1. The first-order valence-electron chi connectivity index (χ1n) is 6.41. The second kappa shape index (κ2) is 6.95. The van der Waals surface area contributed by atoms with Crippen LogP contribution in [0, 0.1) is 0 Å². The molecule has 0 heterocycles. The highest BCUT2D eigenvalue weighted by Gasteiger charge is 2.30. The average molecular weight is 291 g/mol. The van der Waals surface area contributed by atoms with Crippen LogP contribution in [0.2, 0.25) is 0 Å². The number of rotatable bonds is 7. The number of hydrogen-bond acceptors (Lipinski definition) is 3. The molecular weight excluding hydrogens is 271 g/mol. The molecule has 0 saturated carbocycles. The number of benzene rings is 1. The summed E-state index contributed by atoms with van der Waals surface area (Å²) in [5.74, 6) is -0.212. The summed E-state index contributed by atoms with van der Waals surface area (Å²) >= 11 is 0. The molecule has 0 aliphatic heterocycles. The van der Waals surface area contributed by atoms with Crippen LogP contribution in [0.3, 0.4) is 0 Å². The molecule has 0 atom stereocenters. The zero-order chi connectivity index (χ0) is 15.2. The second-order valence-corrected chi connectivity index (χ2v) is 4.99. The molecule has 0 bridgehead atoms. The van der Waals surface area contributed by atoms with Crippen molar-refractivity contribution in [3.05, 3.63) is 29.8 Å². The first-order chi connectivity index (χ1) is 9.22. The van der Waals surface area contributed by atoms with Crippen molar-refractivity contribution in [1.82, 2.24) is 5.32 Å². The van der Waals surface area contributed by atoms with Crippen LogP contribution < -0.4 is 10.1 Å². The van der Waals surface area contributed by atoms with Crippen molar-refractivity contribution in [3.8, 4) is 5.75 Å². The third kappa shape index (κ3) is 6.77. The maximum Gasteiger partial charge on any atom is 0.573 e. The van der Waals surface area contributed by atoms with E-state index in [9.17, 15) is 13.2 Å². The lowest BCUT2D eigenvalue weighted by molar-refractivity contribution is -0.274. The molecule has 0 aromatic heterocycles. The maximum atomic E-state index is 12.0. The van der Waals surface area contributed by atoms with Gasteiger partial charge in [0.05, 0.1) is 5.60 Å². The lowest BCUT2D eigenvalue weighted by atomic mass is 10.1. The highest BCUT2D eigenvalue weighted by Crippen LogP contribution is 2.22. The summed E-state index contributed by atoms with van der Waals surface area (Å²) in [5.41, 5.74) is 0.612. The Morgan fingerprint density at radius 1 is 1.10 bits per heavy atom. The molecule has 6 heteroatoms. The molecule has 20 heavy (non-hydrogen) atoms. The largest absolute Gasteiger partial charge is 0.573 e. The monoisotopic (exact) mass is 291 g/mol. The molecule has 1 rings (SSSR count). The van der Waals surface area contributed by atoms with Crippen molar-refractivity contribution >= 4 is 0 Å². The molecule has 0 unspecified atom stereocenters. The Balaban J connectivity index is 2.42. The summed E-state index contributed by atoms with van der Waals surface area (Å²) in [4.78, 5) is 0. The van der Waals surface area contributed by atoms with Crippen molar-refractivity contribution in [2.75, 3.05) is 13.2 Å². The minimum Gasteiger partial charge on any atom is -0.406 e. The van der Waals surface area contributed by atoms with Gasteiger partial charge < -0.3 is 14.8 Å². The molecule has 0 saturated heterocycles. The summed E-state index contributed by atoms with van der Waals surface area (Å²) in [6.45, 7) is 7.73. The summed E-state index contributed by atoms with van der Waals surface area (Å²) in [6.07, 6.45) is -4.65. The van der Waals surface area contributed by atoms with Gasteiger partial charge in [0.25, 0.3) is 0 Å². The highest BCUT2D eigenvalue weighted by molar-refractivity contribution is 5.27. The van der Waals surface area contributed by atoms with E-state index in [1.54, 1.807) is 12.1 Å². The van der Waals surface area contributed by atoms with Gasteiger partial charge in [-0.15, -0.1) is 13.2 Å². The second-order valence-electron chi connectivity index (χ2n) is 4.99. The Labute approximate surface area is 117 Å². The molecule has 0 spiro atoms. The Morgan fingerprint density at radius 3 is 2.20 bits per heavy atom. The van der Waals surface area contributed by atoms with Gasteiger partial charge in [0.1, 0.15) is 5.75 Å². The lowest BCUT2D eigenvalue weighted by Crippen LogP contribution is -2.37. The Morgan fingerprint density at radius 2 is 1.70 bits per heavy atom. The fourth-order valence-corrected chi connectivity index (χ4v) is 1.76. The van der Waals surface area contributed by atoms with Crippen LogP contribution in [0.25, 0.3) is 0 Å². The predicted octanol–water partition coefficient (Wildman–Crippen LogP) is 3.49. The average Bonchev–Trinajstić information content (AvgIpc) is 2.29. The van der Waals surface area contributed by atoms with Crippen LogP contribution in [0.4, 0.5) is 13.2 Å². The molecule has 1 aromatic rings. The Kier molecular flexibility index (Phi) is 5.83. The van der Waals surface area contributed by atoms with Gasteiger partial charge >= 0.3 is 6.36 Å². The van der Waals surface area contributed by atoms with Crippen LogP contribution in [-0.2, 0) is 11.3 Å². The minimum atomic E-state index is -4.65. The van der Waals surface area contributed by atoms with E-state index in [1.807, 2.05) is 20.8 Å². The van der Waals surface area contributed by atoms with Gasteiger partial charge in [-0.05, 0) is 38.5 Å². The standard InChI is InChI=1S/C14H20F3NO2/c1-4-19-13(2,3)10-18-9-11-5-7-12(8-6-11)20-14(15,16)17/h5-8,18H,4,9-10H2,1-3H3. The van der Waals surface area contributed by atoms with E-state index < -0.39 is 6.36 Å². The van der Waals surface area contributed by atoms with Gasteiger partial charge in [0, 0.05) is 19.7 Å². The van der Waals surface area contributed by atoms with Crippen molar-refractivity contribution in [2.45, 2.75) is 39.3 Å². The number of ether oxygens (including phenoxy) is 2. The van der Waals surface area contributed by atoms with E-state index in [4.69, 9.17) is 4.74 Å². The van der Waals surface area contributed by atoms with Crippen molar-refractivity contribution in [1.29, 1.82) is 0 Å². The smallest absolute Gasteiger partial charge is 0.406 e. The van der Waals surface area contributed by atoms with Crippen molar-refractivity contribution in [2.24, 2.45) is 0 Å². The molecule has 3 nitrogen and oxygen atoms in total. The van der Waals surface area contributed by atoms with Gasteiger partial charge in [0.2, 0.25) is 0 Å². The van der Waals surface area contributed by atoms with E-state index in [-0.39, 0.29) is 11.4 Å². The molecule has 0 aliphatic rings. The SMILES string of the molecule is CCOC(C)(C)CNCc1ccc(OC(F)(F)F)cc1. The molecule has 1 aromatic carbocycles. The van der Waals surface area contributed by atoms with E-state index in [0.29, 0.717) is 19.7 Å². The fourth-order valence-electron chi connectivity index (χ4n) is 1.76. The molecule has 1 N–H and O–H groups in total. The van der Waals surface area contributed by atoms with E-state index in [2.05, 4.69) is 10.1 Å². The Hall–Kier alpha value is -1.27.